The van der Waals surface area contributed by atoms with Gasteiger partial charge >= 0.3 is 5.97 Å². The molecule has 28 heavy (non-hydrogen) atoms. The molecule has 6 nitrogen and oxygen atoms in total. The van der Waals surface area contributed by atoms with Gasteiger partial charge in [-0.1, -0.05) is 29.5 Å². The van der Waals surface area contributed by atoms with Crippen LogP contribution in [0, 0.1) is 5.92 Å². The fourth-order valence-electron chi connectivity index (χ4n) is 4.38. The van der Waals surface area contributed by atoms with E-state index in [2.05, 4.69) is 36.0 Å². The molecule has 0 spiro atoms. The summed E-state index contributed by atoms with van der Waals surface area (Å²) in [5, 5.41) is 10.6. The number of nitrogens with zero attached hydrogens (tertiary/aromatic N) is 3. The van der Waals surface area contributed by atoms with Gasteiger partial charge in [-0.25, -0.2) is 9.48 Å². The summed E-state index contributed by atoms with van der Waals surface area (Å²) in [5.41, 5.74) is 2.59. The smallest absolute Gasteiger partial charge is 0.334 e. The van der Waals surface area contributed by atoms with Gasteiger partial charge in [-0.15, -0.1) is 16.4 Å². The van der Waals surface area contributed by atoms with Crippen LogP contribution in [0.5, 0.6) is 0 Å². The first-order valence-electron chi connectivity index (χ1n) is 9.73. The lowest BCUT2D eigenvalue weighted by Crippen LogP contribution is -2.29. The van der Waals surface area contributed by atoms with Crippen molar-refractivity contribution in [3.63, 3.8) is 0 Å². The van der Waals surface area contributed by atoms with Crippen LogP contribution in [0.4, 0.5) is 0 Å². The molecule has 0 N–H and O–H groups in total. The van der Waals surface area contributed by atoms with Crippen LogP contribution in [0.25, 0.3) is 10.6 Å². The number of hydrogen-bond acceptors (Lipinski definition) is 6. The van der Waals surface area contributed by atoms with E-state index in [4.69, 9.17) is 9.47 Å². The predicted molar refractivity (Wildman–Crippen MR) is 106 cm³/mol. The molecule has 4 atom stereocenters. The van der Waals surface area contributed by atoms with Gasteiger partial charge in [-0.3, -0.25) is 0 Å². The second-order valence-corrected chi connectivity index (χ2v) is 9.02. The van der Waals surface area contributed by atoms with Crippen LogP contribution in [0.3, 0.4) is 0 Å². The first-order valence-corrected chi connectivity index (χ1v) is 10.6. The summed E-state index contributed by atoms with van der Waals surface area (Å²) in [6.45, 7) is 6.81. The van der Waals surface area contributed by atoms with Gasteiger partial charge in [0.1, 0.15) is 17.9 Å². The van der Waals surface area contributed by atoms with Gasteiger partial charge in [-0.05, 0) is 44.1 Å². The third-order valence-electron chi connectivity index (χ3n) is 6.12. The third-order valence-corrected chi connectivity index (χ3v) is 7.01. The molecule has 5 rings (SSSR count). The summed E-state index contributed by atoms with van der Waals surface area (Å²) in [6.07, 6.45) is 7.69. The zero-order valence-corrected chi connectivity index (χ0v) is 16.7. The molecular formula is C21H23N3O3S. The van der Waals surface area contributed by atoms with Crippen LogP contribution in [0.2, 0.25) is 0 Å². The molecule has 0 amide bonds. The predicted octanol–water partition coefficient (Wildman–Crippen LogP) is 3.76. The lowest BCUT2D eigenvalue weighted by molar-refractivity contribution is -0.140. The lowest BCUT2D eigenvalue weighted by Gasteiger charge is -2.20. The molecule has 0 aromatic carbocycles. The summed E-state index contributed by atoms with van der Waals surface area (Å²) in [6, 6.07) is 4.07. The minimum atomic E-state index is -0.269. The Morgan fingerprint density at radius 1 is 1.46 bits per heavy atom. The van der Waals surface area contributed by atoms with Crippen LogP contribution in [0.15, 0.2) is 47.5 Å². The van der Waals surface area contributed by atoms with Crippen LogP contribution < -0.4 is 0 Å². The standard InChI is InChI=1S/C21H23N3O3S/c1-13-15-8-7-14(11-24-12-16(22-23-24)17-6-4-10-28-17)5-3-9-21(2)19(27-21)18(15)26-20(13)25/h4-6,10,12,15,18-19H,1,3,7-9,11H2,2H3/b14-5+/t15-,18-,19-,21+/m0/s1. The third kappa shape index (κ3) is 3.12. The second kappa shape index (κ2) is 6.67. The van der Waals surface area contributed by atoms with Gasteiger partial charge < -0.3 is 9.47 Å². The number of carbonyl (C=O) groups is 1. The largest absolute Gasteiger partial charge is 0.455 e. The molecule has 2 aromatic heterocycles. The van der Waals surface area contributed by atoms with Gasteiger partial charge in [-0.2, -0.15) is 0 Å². The van der Waals surface area contributed by atoms with Gasteiger partial charge in [0, 0.05) is 11.5 Å². The van der Waals surface area contributed by atoms with Crippen LogP contribution in [0.1, 0.15) is 32.6 Å². The second-order valence-electron chi connectivity index (χ2n) is 8.07. The molecule has 0 unspecified atom stereocenters. The number of fused-ring (bicyclic) bond motifs is 3. The maximum atomic E-state index is 12.1. The van der Waals surface area contributed by atoms with E-state index in [1.54, 1.807) is 11.3 Å². The van der Waals surface area contributed by atoms with E-state index in [-0.39, 0.29) is 29.7 Å². The van der Waals surface area contributed by atoms with E-state index in [1.807, 2.05) is 22.3 Å². The summed E-state index contributed by atoms with van der Waals surface area (Å²) in [7, 11) is 0. The first-order chi connectivity index (χ1) is 13.5. The molecule has 4 heterocycles. The van der Waals surface area contributed by atoms with E-state index in [9.17, 15) is 4.79 Å². The van der Waals surface area contributed by atoms with Crippen molar-refractivity contribution < 1.29 is 14.3 Å². The minimum absolute atomic E-state index is 0.000630. The molecule has 0 radical (unpaired) electrons. The number of epoxide rings is 1. The number of thiophene rings is 1. The maximum Gasteiger partial charge on any atom is 0.334 e. The zero-order chi connectivity index (χ0) is 19.3. The highest BCUT2D eigenvalue weighted by atomic mass is 32.1. The van der Waals surface area contributed by atoms with E-state index in [0.29, 0.717) is 12.1 Å². The lowest BCUT2D eigenvalue weighted by atomic mass is 9.84. The summed E-state index contributed by atoms with van der Waals surface area (Å²) < 4.78 is 13.5. The first kappa shape index (κ1) is 17.8. The molecule has 0 saturated carbocycles. The number of carbonyl (C=O) groups excluding carboxylic acids is 1. The molecule has 2 saturated heterocycles. The Labute approximate surface area is 167 Å². The van der Waals surface area contributed by atoms with Crippen molar-refractivity contribution >= 4 is 17.3 Å². The highest BCUT2D eigenvalue weighted by Gasteiger charge is 2.61. The van der Waals surface area contributed by atoms with Crippen LogP contribution in [-0.2, 0) is 20.8 Å². The van der Waals surface area contributed by atoms with Gasteiger partial charge in [0.15, 0.2) is 0 Å². The number of hydrogen-bond donors (Lipinski definition) is 0. The molecule has 7 heteroatoms. The summed E-state index contributed by atoms with van der Waals surface area (Å²) >= 11 is 1.66. The van der Waals surface area contributed by atoms with Gasteiger partial charge in [0.2, 0.25) is 0 Å². The quantitative estimate of drug-likeness (QED) is 0.341. The highest BCUT2D eigenvalue weighted by Crippen LogP contribution is 2.49. The van der Waals surface area contributed by atoms with Crippen molar-refractivity contribution in [2.45, 2.75) is 57.0 Å². The molecule has 146 valence electrons. The number of rotatable bonds is 3. The molecule has 2 aliphatic heterocycles. The van der Waals surface area contributed by atoms with Crippen molar-refractivity contribution in [1.29, 1.82) is 0 Å². The monoisotopic (exact) mass is 397 g/mol. The minimum Gasteiger partial charge on any atom is -0.455 e. The van der Waals surface area contributed by atoms with Crippen molar-refractivity contribution in [3.8, 4) is 10.6 Å². The Balaban J connectivity index is 1.34. The molecule has 2 aromatic rings. The van der Waals surface area contributed by atoms with Crippen molar-refractivity contribution in [3.05, 3.63) is 47.5 Å². The summed E-state index contributed by atoms with van der Waals surface area (Å²) in [5.74, 6) is -0.243. The fourth-order valence-corrected chi connectivity index (χ4v) is 5.06. The zero-order valence-electron chi connectivity index (χ0n) is 15.8. The topological polar surface area (TPSA) is 69.5 Å². The Bertz CT molecular complexity index is 948. The van der Waals surface area contributed by atoms with Crippen LogP contribution >= 0.6 is 11.3 Å². The highest BCUT2D eigenvalue weighted by molar-refractivity contribution is 7.13. The SMILES string of the molecule is C=C1C(=O)O[C@H]2[C@H]1CC/C(Cn1cc(-c3cccs3)nn1)=C\CC[C@@]1(C)O[C@@H]21. The van der Waals surface area contributed by atoms with E-state index in [1.165, 1.54) is 5.57 Å². The summed E-state index contributed by atoms with van der Waals surface area (Å²) in [4.78, 5) is 13.2. The Morgan fingerprint density at radius 3 is 3.18 bits per heavy atom. The van der Waals surface area contributed by atoms with E-state index < -0.39 is 0 Å². The molecule has 0 bridgehead atoms. The maximum absolute atomic E-state index is 12.1. The Kier molecular flexibility index (Phi) is 4.25. The average Bonchev–Trinajstić information content (AvgIpc) is 3.12. The molecule has 1 aliphatic carbocycles. The van der Waals surface area contributed by atoms with E-state index >= 15 is 0 Å². The van der Waals surface area contributed by atoms with Crippen molar-refractivity contribution in [2.75, 3.05) is 0 Å². The Hall–Kier alpha value is -2.25. The number of aromatic nitrogens is 3. The van der Waals surface area contributed by atoms with E-state index in [0.717, 1.165) is 36.3 Å². The van der Waals surface area contributed by atoms with Gasteiger partial charge in [0.05, 0.1) is 23.2 Å². The number of allylic oxidation sites excluding steroid dienone is 2. The molecule has 2 fully saturated rings. The Morgan fingerprint density at radius 2 is 2.36 bits per heavy atom. The number of esters is 1. The molecular weight excluding hydrogens is 374 g/mol. The number of ether oxygens (including phenoxy) is 2. The van der Waals surface area contributed by atoms with Crippen LogP contribution in [-0.4, -0.2) is 38.8 Å². The van der Waals surface area contributed by atoms with Gasteiger partial charge in [0.25, 0.3) is 0 Å². The fraction of sp³-hybridized carbons (Fsp3) is 0.476. The molecule has 3 aliphatic rings. The van der Waals surface area contributed by atoms with Crippen molar-refractivity contribution in [1.82, 2.24) is 15.0 Å². The average molecular weight is 398 g/mol. The normalized spacial score (nSPS) is 34.2. The van der Waals surface area contributed by atoms with Crippen molar-refractivity contribution in [2.24, 2.45) is 5.92 Å².